The van der Waals surface area contributed by atoms with Crippen LogP contribution in [-0.4, -0.2) is 51.6 Å². The highest BCUT2D eigenvalue weighted by Crippen LogP contribution is 2.32. The first kappa shape index (κ1) is 27.9. The average Bonchev–Trinajstić information content (AvgIpc) is 3.32. The van der Waals surface area contributed by atoms with Gasteiger partial charge >= 0.3 is 0 Å². The number of fused-ring (bicyclic) bond motifs is 1. The standard InChI is InChI=1S/C35H36N4O2/c1-4-39(5-2)35(41)28-18-21-31-30(22-28)32(34(40)37-31)33(27-14-10-7-11-15-27)36-29-19-16-26(17-20-29)24-38(3)23-25-12-8-6-9-13-25/h6-22,37,40H,4-5,23-24H2,1-3H3. The third kappa shape index (κ3) is 6.39. The van der Waals surface area contributed by atoms with Crippen LogP contribution in [0.4, 0.5) is 5.69 Å². The minimum atomic E-state index is -0.0328. The zero-order valence-corrected chi connectivity index (χ0v) is 23.8. The summed E-state index contributed by atoms with van der Waals surface area (Å²) in [6.07, 6.45) is 0. The van der Waals surface area contributed by atoms with Gasteiger partial charge in [0.15, 0.2) is 5.88 Å². The number of aromatic hydroxyl groups is 1. The van der Waals surface area contributed by atoms with Gasteiger partial charge in [-0.2, -0.15) is 0 Å². The van der Waals surface area contributed by atoms with E-state index in [0.29, 0.717) is 29.9 Å². The molecule has 6 nitrogen and oxygen atoms in total. The molecule has 208 valence electrons. The van der Waals surface area contributed by atoms with E-state index in [1.54, 1.807) is 11.0 Å². The van der Waals surface area contributed by atoms with E-state index in [2.05, 4.69) is 53.3 Å². The van der Waals surface area contributed by atoms with Crippen LogP contribution in [0, 0.1) is 0 Å². The summed E-state index contributed by atoms with van der Waals surface area (Å²) in [5.41, 5.74) is 6.66. The molecule has 2 N–H and O–H groups in total. The molecule has 0 saturated heterocycles. The maximum absolute atomic E-state index is 13.1. The minimum Gasteiger partial charge on any atom is -0.494 e. The molecule has 6 heteroatoms. The molecule has 1 aromatic heterocycles. The lowest BCUT2D eigenvalue weighted by molar-refractivity contribution is 0.0773. The van der Waals surface area contributed by atoms with Crippen LogP contribution in [0.1, 0.15) is 46.5 Å². The Kier molecular flexibility index (Phi) is 8.61. The summed E-state index contributed by atoms with van der Waals surface area (Å²) in [7, 11) is 2.12. The Morgan fingerprint density at radius 2 is 1.39 bits per heavy atom. The average molecular weight is 545 g/mol. The number of carbonyl (C=O) groups is 1. The molecule has 0 bridgehead atoms. The molecule has 0 aliphatic carbocycles. The van der Waals surface area contributed by atoms with Crippen LogP contribution < -0.4 is 0 Å². The van der Waals surface area contributed by atoms with E-state index in [9.17, 15) is 9.90 Å². The summed E-state index contributed by atoms with van der Waals surface area (Å²) in [5.74, 6) is -0.0104. The Hall–Kier alpha value is -4.68. The van der Waals surface area contributed by atoms with E-state index < -0.39 is 0 Å². The lowest BCUT2D eigenvalue weighted by Crippen LogP contribution is -2.30. The fourth-order valence-corrected chi connectivity index (χ4v) is 5.17. The van der Waals surface area contributed by atoms with Gasteiger partial charge in [0, 0.05) is 48.2 Å². The Morgan fingerprint density at radius 3 is 2.02 bits per heavy atom. The van der Waals surface area contributed by atoms with Crippen molar-refractivity contribution >= 4 is 28.2 Å². The zero-order chi connectivity index (χ0) is 28.8. The first-order chi connectivity index (χ1) is 20.0. The van der Waals surface area contributed by atoms with E-state index in [-0.39, 0.29) is 11.8 Å². The normalized spacial score (nSPS) is 11.8. The molecule has 1 heterocycles. The third-order valence-corrected chi connectivity index (χ3v) is 7.29. The minimum absolute atomic E-state index is 0.0224. The van der Waals surface area contributed by atoms with E-state index in [1.807, 2.05) is 74.5 Å². The largest absolute Gasteiger partial charge is 0.494 e. The molecule has 4 aromatic carbocycles. The van der Waals surface area contributed by atoms with Gasteiger partial charge in [0.1, 0.15) is 0 Å². The number of hydrogen-bond acceptors (Lipinski definition) is 4. The number of benzene rings is 4. The molecular formula is C35H36N4O2. The Labute approximate surface area is 241 Å². The van der Waals surface area contributed by atoms with Gasteiger partial charge in [-0.3, -0.25) is 9.69 Å². The number of nitrogens with zero attached hydrogens (tertiary/aromatic N) is 3. The molecule has 0 aliphatic rings. The van der Waals surface area contributed by atoms with E-state index in [4.69, 9.17) is 4.99 Å². The van der Waals surface area contributed by atoms with Crippen molar-refractivity contribution in [3.8, 4) is 5.88 Å². The smallest absolute Gasteiger partial charge is 0.253 e. The van der Waals surface area contributed by atoms with Crippen LogP contribution in [-0.2, 0) is 13.1 Å². The van der Waals surface area contributed by atoms with Gasteiger partial charge in [0.2, 0.25) is 0 Å². The highest BCUT2D eigenvalue weighted by molar-refractivity contribution is 6.22. The molecule has 0 fully saturated rings. The molecule has 41 heavy (non-hydrogen) atoms. The number of H-pyrrole nitrogens is 1. The van der Waals surface area contributed by atoms with Gasteiger partial charge in [0.05, 0.1) is 17.0 Å². The topological polar surface area (TPSA) is 71.9 Å². The Bertz CT molecular complexity index is 1640. The van der Waals surface area contributed by atoms with Crippen LogP contribution in [0.15, 0.2) is 108 Å². The number of aromatic nitrogens is 1. The van der Waals surface area contributed by atoms with Crippen LogP contribution >= 0.6 is 0 Å². The molecular weight excluding hydrogens is 508 g/mol. The maximum Gasteiger partial charge on any atom is 0.253 e. The summed E-state index contributed by atoms with van der Waals surface area (Å²) in [4.78, 5) is 25.3. The number of aromatic amines is 1. The van der Waals surface area contributed by atoms with Crippen molar-refractivity contribution in [2.24, 2.45) is 4.99 Å². The number of rotatable bonds is 10. The van der Waals surface area contributed by atoms with Gasteiger partial charge in [0.25, 0.3) is 5.91 Å². The van der Waals surface area contributed by atoms with Crippen LogP contribution in [0.5, 0.6) is 5.88 Å². The van der Waals surface area contributed by atoms with Gasteiger partial charge in [-0.05, 0) is 62.4 Å². The number of hydrogen-bond donors (Lipinski definition) is 2. The van der Waals surface area contributed by atoms with Crippen molar-refractivity contribution < 1.29 is 9.90 Å². The molecule has 0 aliphatic heterocycles. The quantitative estimate of drug-likeness (QED) is 0.183. The molecule has 1 amide bonds. The van der Waals surface area contributed by atoms with Gasteiger partial charge in [-0.25, -0.2) is 4.99 Å². The lowest BCUT2D eigenvalue weighted by Gasteiger charge is -2.18. The summed E-state index contributed by atoms with van der Waals surface area (Å²) in [6.45, 7) is 6.90. The number of carbonyl (C=O) groups excluding carboxylic acids is 1. The summed E-state index contributed by atoms with van der Waals surface area (Å²) >= 11 is 0. The van der Waals surface area contributed by atoms with E-state index >= 15 is 0 Å². The molecule has 5 aromatic rings. The molecule has 0 spiro atoms. The number of amides is 1. The summed E-state index contributed by atoms with van der Waals surface area (Å²) in [6, 6.07) is 34.0. The maximum atomic E-state index is 13.1. The van der Waals surface area contributed by atoms with Crippen molar-refractivity contribution in [3.05, 3.63) is 131 Å². The third-order valence-electron chi connectivity index (χ3n) is 7.29. The number of aliphatic imine (C=N–C) groups is 1. The molecule has 0 saturated carbocycles. The predicted molar refractivity (Wildman–Crippen MR) is 167 cm³/mol. The number of nitrogens with one attached hydrogen (secondary N) is 1. The second-order valence-corrected chi connectivity index (χ2v) is 10.2. The molecule has 0 radical (unpaired) electrons. The fourth-order valence-electron chi connectivity index (χ4n) is 5.17. The summed E-state index contributed by atoms with van der Waals surface area (Å²) in [5, 5.41) is 11.9. The van der Waals surface area contributed by atoms with Gasteiger partial charge < -0.3 is 15.0 Å². The van der Waals surface area contributed by atoms with Crippen molar-refractivity contribution in [1.29, 1.82) is 0 Å². The van der Waals surface area contributed by atoms with Gasteiger partial charge in [-0.15, -0.1) is 0 Å². The van der Waals surface area contributed by atoms with E-state index in [1.165, 1.54) is 11.1 Å². The van der Waals surface area contributed by atoms with E-state index in [0.717, 1.165) is 35.2 Å². The van der Waals surface area contributed by atoms with Crippen molar-refractivity contribution in [1.82, 2.24) is 14.8 Å². The summed E-state index contributed by atoms with van der Waals surface area (Å²) < 4.78 is 0. The van der Waals surface area contributed by atoms with Crippen molar-refractivity contribution in [3.63, 3.8) is 0 Å². The lowest BCUT2D eigenvalue weighted by atomic mass is 9.99. The molecule has 5 rings (SSSR count). The monoisotopic (exact) mass is 544 g/mol. The van der Waals surface area contributed by atoms with Gasteiger partial charge in [-0.1, -0.05) is 72.8 Å². The van der Waals surface area contributed by atoms with Crippen LogP contribution in [0.2, 0.25) is 0 Å². The predicted octanol–water partition coefficient (Wildman–Crippen LogP) is 7.16. The Balaban J connectivity index is 1.49. The van der Waals surface area contributed by atoms with Crippen molar-refractivity contribution in [2.45, 2.75) is 26.9 Å². The molecule has 0 unspecified atom stereocenters. The SMILES string of the molecule is CCN(CC)C(=O)c1ccc2[nH]c(O)c(C(=Nc3ccc(CN(C)Cc4ccccc4)cc3)c3ccccc3)c2c1. The second-order valence-electron chi connectivity index (χ2n) is 10.2. The first-order valence-electron chi connectivity index (χ1n) is 14.1. The van der Waals surface area contributed by atoms with Crippen LogP contribution in [0.25, 0.3) is 10.9 Å². The van der Waals surface area contributed by atoms with Crippen molar-refractivity contribution in [2.75, 3.05) is 20.1 Å². The fraction of sp³-hybridized carbons (Fsp3) is 0.200. The first-order valence-corrected chi connectivity index (χ1v) is 14.1. The highest BCUT2D eigenvalue weighted by atomic mass is 16.3. The molecule has 0 atom stereocenters. The second kappa shape index (κ2) is 12.7. The zero-order valence-electron chi connectivity index (χ0n) is 23.8. The highest BCUT2D eigenvalue weighted by Gasteiger charge is 2.21. The van der Waals surface area contributed by atoms with Crippen LogP contribution in [0.3, 0.4) is 0 Å². The Morgan fingerprint density at radius 1 is 0.780 bits per heavy atom.